The third-order valence-corrected chi connectivity index (χ3v) is 1.73. The molecule has 0 aliphatic heterocycles. The van der Waals surface area contributed by atoms with Crippen LogP contribution in [0.25, 0.3) is 0 Å². The maximum atomic E-state index is 11.5. The fourth-order valence-electron chi connectivity index (χ4n) is 0.962. The molecule has 0 spiro atoms. The number of nitrogens with zero attached hydrogens (tertiary/aromatic N) is 2. The lowest BCUT2D eigenvalue weighted by atomic mass is 10.2. The van der Waals surface area contributed by atoms with Crippen LogP contribution in [0.5, 0.6) is 0 Å². The molecule has 1 heterocycles. The van der Waals surface area contributed by atoms with Gasteiger partial charge in [-0.2, -0.15) is 0 Å². The monoisotopic (exact) mass is 196 g/mol. The lowest BCUT2D eigenvalue weighted by Gasteiger charge is -2.11. The zero-order valence-corrected chi connectivity index (χ0v) is 8.14. The van der Waals surface area contributed by atoms with Crippen molar-refractivity contribution in [3.05, 3.63) is 24.3 Å². The summed E-state index contributed by atoms with van der Waals surface area (Å²) in [4.78, 5) is 19.2. The van der Waals surface area contributed by atoms with Crippen LogP contribution in [0.3, 0.4) is 0 Å². The second kappa shape index (κ2) is 5.41. The normalized spacial score (nSPS) is 10.5. The average molecular weight is 196 g/mol. The predicted octanol–water partition coefficient (Wildman–Crippen LogP) is 0.668. The molecular formula is C9H12N2O3. The van der Waals surface area contributed by atoms with Gasteiger partial charge < -0.3 is 9.47 Å². The van der Waals surface area contributed by atoms with Gasteiger partial charge in [0.25, 0.3) is 0 Å². The molecule has 0 aliphatic carbocycles. The lowest BCUT2D eigenvalue weighted by Crippen LogP contribution is -2.18. The van der Waals surface area contributed by atoms with Gasteiger partial charge in [-0.15, -0.1) is 0 Å². The van der Waals surface area contributed by atoms with E-state index in [1.165, 1.54) is 32.8 Å². The molecule has 76 valence electrons. The molecule has 0 aliphatic rings. The van der Waals surface area contributed by atoms with Crippen molar-refractivity contribution in [2.24, 2.45) is 0 Å². The van der Waals surface area contributed by atoms with Gasteiger partial charge in [-0.05, 0) is 0 Å². The minimum atomic E-state index is -0.524. The SMILES string of the molecule is COC(CC(=O)c1cnccn1)OC. The molecule has 0 fully saturated rings. The molecule has 1 aromatic heterocycles. The van der Waals surface area contributed by atoms with Crippen molar-refractivity contribution < 1.29 is 14.3 Å². The minimum absolute atomic E-state index is 0.145. The van der Waals surface area contributed by atoms with Crippen LogP contribution in [-0.4, -0.2) is 36.3 Å². The van der Waals surface area contributed by atoms with Crippen LogP contribution >= 0.6 is 0 Å². The van der Waals surface area contributed by atoms with E-state index in [1.54, 1.807) is 0 Å². The number of hydrogen-bond acceptors (Lipinski definition) is 5. The third-order valence-electron chi connectivity index (χ3n) is 1.73. The van der Waals surface area contributed by atoms with E-state index in [-0.39, 0.29) is 12.2 Å². The molecule has 0 amide bonds. The molecule has 0 saturated heterocycles. The number of aromatic nitrogens is 2. The fraction of sp³-hybridized carbons (Fsp3) is 0.444. The summed E-state index contributed by atoms with van der Waals surface area (Å²) in [5, 5.41) is 0. The van der Waals surface area contributed by atoms with E-state index >= 15 is 0 Å². The Morgan fingerprint density at radius 2 is 2.14 bits per heavy atom. The number of carbonyl (C=O) groups is 1. The Hall–Kier alpha value is -1.33. The maximum absolute atomic E-state index is 11.5. The van der Waals surface area contributed by atoms with Crippen LogP contribution < -0.4 is 0 Å². The quantitative estimate of drug-likeness (QED) is 0.511. The Bertz CT molecular complexity index is 285. The molecule has 5 nitrogen and oxygen atoms in total. The fourth-order valence-corrected chi connectivity index (χ4v) is 0.962. The first-order valence-electron chi connectivity index (χ1n) is 4.12. The summed E-state index contributed by atoms with van der Waals surface area (Å²) < 4.78 is 9.80. The van der Waals surface area contributed by atoms with Crippen molar-refractivity contribution in [2.75, 3.05) is 14.2 Å². The highest BCUT2D eigenvalue weighted by atomic mass is 16.7. The van der Waals surface area contributed by atoms with Crippen LogP contribution in [0.4, 0.5) is 0 Å². The van der Waals surface area contributed by atoms with Gasteiger partial charge in [-0.25, -0.2) is 4.98 Å². The largest absolute Gasteiger partial charge is 0.355 e. The minimum Gasteiger partial charge on any atom is -0.355 e. The van der Waals surface area contributed by atoms with Crippen LogP contribution in [0.2, 0.25) is 0 Å². The van der Waals surface area contributed by atoms with Crippen LogP contribution in [0, 0.1) is 0 Å². The zero-order chi connectivity index (χ0) is 10.4. The molecule has 0 radical (unpaired) electrons. The van der Waals surface area contributed by atoms with Gasteiger partial charge >= 0.3 is 0 Å². The first-order valence-corrected chi connectivity index (χ1v) is 4.12. The summed E-state index contributed by atoms with van der Waals surface area (Å²) in [5.41, 5.74) is 0.326. The molecule has 0 aromatic carbocycles. The van der Waals surface area contributed by atoms with E-state index < -0.39 is 6.29 Å². The second-order valence-corrected chi connectivity index (χ2v) is 2.62. The molecular weight excluding hydrogens is 184 g/mol. The number of ketones is 1. The smallest absolute Gasteiger partial charge is 0.187 e. The third kappa shape index (κ3) is 2.86. The second-order valence-electron chi connectivity index (χ2n) is 2.62. The summed E-state index contributed by atoms with van der Waals surface area (Å²) in [6.45, 7) is 0. The van der Waals surface area contributed by atoms with Crippen molar-refractivity contribution in [2.45, 2.75) is 12.7 Å². The summed E-state index contributed by atoms with van der Waals surface area (Å²) in [6.07, 6.45) is 4.03. The molecule has 0 unspecified atom stereocenters. The van der Waals surface area contributed by atoms with Crippen molar-refractivity contribution in [1.82, 2.24) is 9.97 Å². The topological polar surface area (TPSA) is 61.3 Å². The van der Waals surface area contributed by atoms with E-state index in [1.807, 2.05) is 0 Å². The van der Waals surface area contributed by atoms with Gasteiger partial charge in [-0.1, -0.05) is 0 Å². The van der Waals surface area contributed by atoms with E-state index in [0.717, 1.165) is 0 Å². The van der Waals surface area contributed by atoms with E-state index in [2.05, 4.69) is 9.97 Å². The average Bonchev–Trinajstić information content (AvgIpc) is 2.26. The van der Waals surface area contributed by atoms with E-state index in [0.29, 0.717) is 5.69 Å². The summed E-state index contributed by atoms with van der Waals surface area (Å²) >= 11 is 0. The highest BCUT2D eigenvalue weighted by molar-refractivity contribution is 5.94. The van der Waals surface area contributed by atoms with Gasteiger partial charge in [0, 0.05) is 26.6 Å². The Morgan fingerprint density at radius 1 is 1.43 bits per heavy atom. The van der Waals surface area contributed by atoms with Crippen molar-refractivity contribution in [3.63, 3.8) is 0 Å². The number of hydrogen-bond donors (Lipinski definition) is 0. The van der Waals surface area contributed by atoms with Crippen LogP contribution in [0.1, 0.15) is 16.9 Å². The molecule has 0 saturated carbocycles. The van der Waals surface area contributed by atoms with Gasteiger partial charge in [0.15, 0.2) is 12.1 Å². The van der Waals surface area contributed by atoms with Gasteiger partial charge in [0.2, 0.25) is 0 Å². The highest BCUT2D eigenvalue weighted by Gasteiger charge is 2.14. The summed E-state index contributed by atoms with van der Waals surface area (Å²) in [6, 6.07) is 0. The van der Waals surface area contributed by atoms with E-state index in [9.17, 15) is 4.79 Å². The van der Waals surface area contributed by atoms with Gasteiger partial charge in [0.1, 0.15) is 5.69 Å². The number of ether oxygens (including phenoxy) is 2. The highest BCUT2D eigenvalue weighted by Crippen LogP contribution is 2.04. The zero-order valence-electron chi connectivity index (χ0n) is 8.14. The predicted molar refractivity (Wildman–Crippen MR) is 48.8 cm³/mol. The Balaban J connectivity index is 2.59. The van der Waals surface area contributed by atoms with Gasteiger partial charge in [-0.3, -0.25) is 9.78 Å². The lowest BCUT2D eigenvalue weighted by molar-refractivity contribution is -0.0993. The molecule has 5 heteroatoms. The molecule has 1 aromatic rings. The molecule has 0 bridgehead atoms. The number of Topliss-reactive ketones (excluding diaryl/α,β-unsaturated/α-hetero) is 1. The Labute approximate surface area is 82.1 Å². The van der Waals surface area contributed by atoms with Crippen molar-refractivity contribution >= 4 is 5.78 Å². The number of rotatable bonds is 5. The first kappa shape index (κ1) is 10.7. The van der Waals surface area contributed by atoms with Gasteiger partial charge in [0.05, 0.1) is 12.6 Å². The molecule has 0 N–H and O–H groups in total. The van der Waals surface area contributed by atoms with Crippen LogP contribution in [-0.2, 0) is 9.47 Å². The Kier molecular flexibility index (Phi) is 4.15. The van der Waals surface area contributed by atoms with Crippen molar-refractivity contribution in [1.29, 1.82) is 0 Å². The molecule has 0 atom stereocenters. The Morgan fingerprint density at radius 3 is 2.64 bits per heavy atom. The number of carbonyl (C=O) groups excluding carboxylic acids is 1. The summed E-state index contributed by atoms with van der Waals surface area (Å²) in [7, 11) is 2.97. The maximum Gasteiger partial charge on any atom is 0.187 e. The molecule has 14 heavy (non-hydrogen) atoms. The first-order chi connectivity index (χ1) is 6.77. The standard InChI is InChI=1S/C9H12N2O3/c1-13-9(14-2)5-8(12)7-6-10-3-4-11-7/h3-4,6,9H,5H2,1-2H3. The summed E-state index contributed by atoms with van der Waals surface area (Å²) in [5.74, 6) is -0.146. The van der Waals surface area contributed by atoms with Crippen LogP contribution in [0.15, 0.2) is 18.6 Å². The van der Waals surface area contributed by atoms with Crippen molar-refractivity contribution in [3.8, 4) is 0 Å². The number of methoxy groups -OCH3 is 2. The molecule has 1 rings (SSSR count). The van der Waals surface area contributed by atoms with E-state index in [4.69, 9.17) is 9.47 Å².